The van der Waals surface area contributed by atoms with Crippen LogP contribution in [0.15, 0.2) is 30.3 Å². The standard InChI is InChI=1S/C13H20O/c1-13(2,3)12(10-14)9-11-7-5-4-6-8-11/h4-8,12,14H,9-10H2,1-3H3. The molecular formula is C13H20O. The van der Waals surface area contributed by atoms with Gasteiger partial charge in [0, 0.05) is 6.61 Å². The number of aliphatic hydroxyl groups excluding tert-OH is 1. The van der Waals surface area contributed by atoms with Crippen LogP contribution in [0.3, 0.4) is 0 Å². The van der Waals surface area contributed by atoms with Crippen LogP contribution in [0.25, 0.3) is 0 Å². The second kappa shape index (κ2) is 4.61. The summed E-state index contributed by atoms with van der Waals surface area (Å²) in [5, 5.41) is 9.32. The van der Waals surface area contributed by atoms with Gasteiger partial charge in [0.25, 0.3) is 0 Å². The van der Waals surface area contributed by atoms with Crippen molar-refractivity contribution in [1.29, 1.82) is 0 Å². The Morgan fingerprint density at radius 3 is 2.14 bits per heavy atom. The molecule has 1 aromatic carbocycles. The van der Waals surface area contributed by atoms with E-state index in [9.17, 15) is 5.11 Å². The first-order valence-corrected chi connectivity index (χ1v) is 5.19. The van der Waals surface area contributed by atoms with Crippen molar-refractivity contribution in [3.63, 3.8) is 0 Å². The van der Waals surface area contributed by atoms with Gasteiger partial charge >= 0.3 is 0 Å². The highest BCUT2D eigenvalue weighted by molar-refractivity contribution is 5.15. The maximum absolute atomic E-state index is 9.32. The molecule has 0 aromatic heterocycles. The smallest absolute Gasteiger partial charge is 0.0467 e. The summed E-state index contributed by atoms with van der Waals surface area (Å²) in [6.07, 6.45) is 0.959. The first kappa shape index (κ1) is 11.3. The topological polar surface area (TPSA) is 20.2 Å². The van der Waals surface area contributed by atoms with Gasteiger partial charge in [-0.25, -0.2) is 0 Å². The fraction of sp³-hybridized carbons (Fsp3) is 0.538. The van der Waals surface area contributed by atoms with Crippen LogP contribution in [0.2, 0.25) is 0 Å². The number of hydrogen-bond acceptors (Lipinski definition) is 1. The molecule has 1 N–H and O–H groups in total. The van der Waals surface area contributed by atoms with Crippen molar-refractivity contribution < 1.29 is 5.11 Å². The summed E-state index contributed by atoms with van der Waals surface area (Å²) in [7, 11) is 0. The third kappa shape index (κ3) is 3.15. The van der Waals surface area contributed by atoms with E-state index in [1.807, 2.05) is 18.2 Å². The fourth-order valence-corrected chi connectivity index (χ4v) is 1.54. The number of aliphatic hydroxyl groups is 1. The largest absolute Gasteiger partial charge is 0.396 e. The van der Waals surface area contributed by atoms with Crippen molar-refractivity contribution >= 4 is 0 Å². The quantitative estimate of drug-likeness (QED) is 0.780. The maximum atomic E-state index is 9.32. The van der Waals surface area contributed by atoms with E-state index in [1.165, 1.54) is 5.56 Å². The Kier molecular flexibility index (Phi) is 3.70. The van der Waals surface area contributed by atoms with Crippen LogP contribution in [0, 0.1) is 11.3 Å². The number of benzene rings is 1. The van der Waals surface area contributed by atoms with E-state index in [0.29, 0.717) is 5.92 Å². The summed E-state index contributed by atoms with van der Waals surface area (Å²) >= 11 is 0. The average molecular weight is 192 g/mol. The minimum Gasteiger partial charge on any atom is -0.396 e. The number of rotatable bonds is 3. The summed E-state index contributed by atoms with van der Waals surface area (Å²) in [6, 6.07) is 10.4. The van der Waals surface area contributed by atoms with Gasteiger partial charge in [0.15, 0.2) is 0 Å². The lowest BCUT2D eigenvalue weighted by atomic mass is 9.78. The molecular weight excluding hydrogens is 172 g/mol. The lowest BCUT2D eigenvalue weighted by Crippen LogP contribution is -2.25. The zero-order valence-corrected chi connectivity index (χ0v) is 9.33. The van der Waals surface area contributed by atoms with Gasteiger partial charge in [-0.15, -0.1) is 0 Å². The molecule has 1 atom stereocenters. The highest BCUT2D eigenvalue weighted by Gasteiger charge is 2.23. The van der Waals surface area contributed by atoms with E-state index in [0.717, 1.165) is 6.42 Å². The van der Waals surface area contributed by atoms with Gasteiger partial charge in [-0.2, -0.15) is 0 Å². The van der Waals surface area contributed by atoms with Crippen LogP contribution in [-0.4, -0.2) is 11.7 Å². The second-order valence-electron chi connectivity index (χ2n) is 4.94. The molecule has 0 heterocycles. The normalized spacial score (nSPS) is 14.0. The Morgan fingerprint density at radius 2 is 1.71 bits per heavy atom. The minimum absolute atomic E-state index is 0.171. The van der Waals surface area contributed by atoms with Crippen LogP contribution in [0.5, 0.6) is 0 Å². The van der Waals surface area contributed by atoms with Crippen molar-refractivity contribution in [2.45, 2.75) is 27.2 Å². The molecule has 0 bridgehead atoms. The summed E-state index contributed by atoms with van der Waals surface area (Å²) < 4.78 is 0. The molecule has 0 amide bonds. The second-order valence-corrected chi connectivity index (χ2v) is 4.94. The summed E-state index contributed by atoms with van der Waals surface area (Å²) in [4.78, 5) is 0. The van der Waals surface area contributed by atoms with Crippen molar-refractivity contribution in [3.8, 4) is 0 Å². The fourth-order valence-electron chi connectivity index (χ4n) is 1.54. The predicted octanol–water partition coefficient (Wildman–Crippen LogP) is 2.88. The van der Waals surface area contributed by atoms with E-state index >= 15 is 0 Å². The zero-order chi connectivity index (χ0) is 10.6. The third-order valence-electron chi connectivity index (χ3n) is 2.77. The molecule has 0 radical (unpaired) electrons. The summed E-state index contributed by atoms with van der Waals surface area (Å²) in [6.45, 7) is 6.79. The minimum atomic E-state index is 0.171. The van der Waals surface area contributed by atoms with Crippen LogP contribution < -0.4 is 0 Å². The molecule has 0 saturated carbocycles. The lowest BCUT2D eigenvalue weighted by Gasteiger charge is -2.29. The molecule has 1 nitrogen and oxygen atoms in total. The summed E-state index contributed by atoms with van der Waals surface area (Å²) in [5.74, 6) is 0.338. The Morgan fingerprint density at radius 1 is 1.14 bits per heavy atom. The van der Waals surface area contributed by atoms with E-state index in [-0.39, 0.29) is 12.0 Å². The molecule has 14 heavy (non-hydrogen) atoms. The molecule has 78 valence electrons. The number of hydrogen-bond donors (Lipinski definition) is 1. The van der Waals surface area contributed by atoms with Gasteiger partial charge in [0.1, 0.15) is 0 Å². The van der Waals surface area contributed by atoms with Crippen LogP contribution in [0.4, 0.5) is 0 Å². The Balaban J connectivity index is 2.67. The Hall–Kier alpha value is -0.820. The first-order valence-electron chi connectivity index (χ1n) is 5.19. The SMILES string of the molecule is CC(C)(C)C(CO)Cc1ccccc1. The monoisotopic (exact) mass is 192 g/mol. The van der Waals surface area contributed by atoms with Gasteiger partial charge in [0.2, 0.25) is 0 Å². The van der Waals surface area contributed by atoms with Crippen molar-refractivity contribution in [3.05, 3.63) is 35.9 Å². The van der Waals surface area contributed by atoms with Crippen molar-refractivity contribution in [2.24, 2.45) is 11.3 Å². The highest BCUT2D eigenvalue weighted by Crippen LogP contribution is 2.28. The molecule has 0 fully saturated rings. The molecule has 0 aliphatic carbocycles. The molecule has 0 spiro atoms. The van der Waals surface area contributed by atoms with Gasteiger partial charge in [-0.1, -0.05) is 51.1 Å². The summed E-state index contributed by atoms with van der Waals surface area (Å²) in [5.41, 5.74) is 1.48. The molecule has 1 rings (SSSR count). The Labute approximate surface area is 86.8 Å². The van der Waals surface area contributed by atoms with E-state index in [4.69, 9.17) is 0 Å². The van der Waals surface area contributed by atoms with Gasteiger partial charge < -0.3 is 5.11 Å². The predicted molar refractivity (Wildman–Crippen MR) is 60.2 cm³/mol. The van der Waals surface area contributed by atoms with Gasteiger partial charge in [0.05, 0.1) is 0 Å². The van der Waals surface area contributed by atoms with Crippen LogP contribution in [0.1, 0.15) is 26.3 Å². The first-order chi connectivity index (χ1) is 6.54. The van der Waals surface area contributed by atoms with Crippen LogP contribution >= 0.6 is 0 Å². The van der Waals surface area contributed by atoms with Crippen molar-refractivity contribution in [1.82, 2.24) is 0 Å². The van der Waals surface area contributed by atoms with Crippen molar-refractivity contribution in [2.75, 3.05) is 6.61 Å². The van der Waals surface area contributed by atoms with Gasteiger partial charge in [-0.3, -0.25) is 0 Å². The molecule has 0 aliphatic heterocycles. The molecule has 1 unspecified atom stereocenters. The Bertz CT molecular complexity index is 258. The van der Waals surface area contributed by atoms with E-state index in [1.54, 1.807) is 0 Å². The van der Waals surface area contributed by atoms with Gasteiger partial charge in [-0.05, 0) is 23.3 Å². The van der Waals surface area contributed by atoms with Crippen LogP contribution in [-0.2, 0) is 6.42 Å². The highest BCUT2D eigenvalue weighted by atomic mass is 16.3. The third-order valence-corrected chi connectivity index (χ3v) is 2.77. The van der Waals surface area contributed by atoms with E-state index < -0.39 is 0 Å². The molecule has 1 aromatic rings. The molecule has 0 saturated heterocycles. The molecule has 0 aliphatic rings. The average Bonchev–Trinajstić information content (AvgIpc) is 2.14. The maximum Gasteiger partial charge on any atom is 0.0467 e. The molecule has 1 heteroatoms. The lowest BCUT2D eigenvalue weighted by molar-refractivity contribution is 0.131. The zero-order valence-electron chi connectivity index (χ0n) is 9.33. The van der Waals surface area contributed by atoms with E-state index in [2.05, 4.69) is 32.9 Å².